The lowest BCUT2D eigenvalue weighted by atomic mass is 10.1. The molecule has 3 amide bonds. The first-order chi connectivity index (χ1) is 14.4. The van der Waals surface area contributed by atoms with Crippen molar-refractivity contribution in [2.75, 3.05) is 13.1 Å². The van der Waals surface area contributed by atoms with Crippen molar-refractivity contribution in [1.29, 1.82) is 5.26 Å². The van der Waals surface area contributed by atoms with Crippen LogP contribution in [0.5, 0.6) is 5.75 Å². The molecule has 0 bridgehead atoms. The third-order valence-corrected chi connectivity index (χ3v) is 4.63. The summed E-state index contributed by atoms with van der Waals surface area (Å²) in [7, 11) is 0. The zero-order valence-electron chi connectivity index (χ0n) is 16.7. The molecule has 11 heteroatoms. The van der Waals surface area contributed by atoms with Crippen LogP contribution >= 0.6 is 0 Å². The molecule has 1 aromatic heterocycles. The first-order valence-corrected chi connectivity index (χ1v) is 9.58. The number of nitrogens with zero attached hydrogens (tertiary/aromatic N) is 5. The highest BCUT2D eigenvalue weighted by molar-refractivity contribution is 5.76. The number of nitrogens with two attached hydrogens (primary N) is 1. The summed E-state index contributed by atoms with van der Waals surface area (Å²) in [6, 6.07) is 8.77. The number of hydrogen-bond donors (Lipinski definition) is 2. The number of nitrogens with one attached hydrogen (secondary N) is 1. The maximum absolute atomic E-state index is 11.7. The molecule has 3 N–H and O–H groups in total. The second kappa shape index (κ2) is 9.13. The molecule has 11 nitrogen and oxygen atoms in total. The highest BCUT2D eigenvalue weighted by atomic mass is 16.6. The SMILES string of the molecule is CCCC(OC(N)=O)c1nnn(-c2ccc(OC(C)N3CCNC3=O)cc2)c1C#N. The van der Waals surface area contributed by atoms with E-state index in [1.807, 2.05) is 6.92 Å². The van der Waals surface area contributed by atoms with Crippen LogP contribution in [0.25, 0.3) is 5.69 Å². The van der Waals surface area contributed by atoms with Gasteiger partial charge in [0.2, 0.25) is 0 Å². The standard InChI is InChI=1S/C19H23N7O4/c1-3-4-16(30-18(21)27)17-15(11-20)26(24-23-17)13-5-7-14(8-6-13)29-12(2)25-10-9-22-19(25)28/h5-8,12,16H,3-4,9-10H2,1-2H3,(H2,21,27)(H,22,28). The molecule has 1 aliphatic heterocycles. The fourth-order valence-corrected chi connectivity index (χ4v) is 3.21. The summed E-state index contributed by atoms with van der Waals surface area (Å²) < 4.78 is 12.3. The number of hydrogen-bond acceptors (Lipinski definition) is 7. The van der Waals surface area contributed by atoms with E-state index < -0.39 is 18.4 Å². The molecule has 2 atom stereocenters. The molecule has 2 unspecified atom stereocenters. The summed E-state index contributed by atoms with van der Waals surface area (Å²) in [5, 5.41) is 20.4. The van der Waals surface area contributed by atoms with E-state index in [1.54, 1.807) is 36.1 Å². The third-order valence-electron chi connectivity index (χ3n) is 4.63. The Morgan fingerprint density at radius 1 is 1.40 bits per heavy atom. The summed E-state index contributed by atoms with van der Waals surface area (Å²) in [5.74, 6) is 0.561. The van der Waals surface area contributed by atoms with Gasteiger partial charge in [-0.1, -0.05) is 18.6 Å². The number of carbonyl (C=O) groups is 2. The van der Waals surface area contributed by atoms with Crippen molar-refractivity contribution in [3.63, 3.8) is 0 Å². The number of rotatable bonds is 8. The smallest absolute Gasteiger partial charge is 0.405 e. The zero-order chi connectivity index (χ0) is 21.7. The minimum absolute atomic E-state index is 0.158. The Morgan fingerprint density at radius 3 is 2.70 bits per heavy atom. The molecule has 0 radical (unpaired) electrons. The topological polar surface area (TPSA) is 148 Å². The van der Waals surface area contributed by atoms with Crippen LogP contribution in [0, 0.1) is 11.3 Å². The Kier molecular flexibility index (Phi) is 6.36. The molecule has 1 aromatic carbocycles. The van der Waals surface area contributed by atoms with Gasteiger partial charge in [-0.05, 0) is 37.6 Å². The molecule has 1 saturated heterocycles. The van der Waals surface area contributed by atoms with Gasteiger partial charge in [-0.25, -0.2) is 14.3 Å². The Hall–Kier alpha value is -3.81. The van der Waals surface area contributed by atoms with Crippen molar-refractivity contribution in [2.24, 2.45) is 5.73 Å². The Labute approximate surface area is 173 Å². The summed E-state index contributed by atoms with van der Waals surface area (Å²) in [6.07, 6.45) is -0.938. The number of benzene rings is 1. The van der Waals surface area contributed by atoms with Crippen LogP contribution in [-0.4, -0.2) is 51.3 Å². The normalized spacial score (nSPS) is 15.2. The first kappa shape index (κ1) is 20.9. The third kappa shape index (κ3) is 4.43. The predicted octanol–water partition coefficient (Wildman–Crippen LogP) is 1.83. The minimum atomic E-state index is -0.936. The first-order valence-electron chi connectivity index (χ1n) is 9.58. The average Bonchev–Trinajstić information content (AvgIpc) is 3.34. The van der Waals surface area contributed by atoms with Crippen LogP contribution in [0.4, 0.5) is 9.59 Å². The van der Waals surface area contributed by atoms with Gasteiger partial charge in [0.25, 0.3) is 0 Å². The van der Waals surface area contributed by atoms with E-state index in [-0.39, 0.29) is 17.4 Å². The zero-order valence-corrected chi connectivity index (χ0v) is 16.7. The molecule has 30 heavy (non-hydrogen) atoms. The molecule has 158 valence electrons. The van der Waals surface area contributed by atoms with Crippen LogP contribution in [0.1, 0.15) is 44.2 Å². The molecule has 1 fully saturated rings. The number of amides is 3. The van der Waals surface area contributed by atoms with Crippen molar-refractivity contribution in [3.05, 3.63) is 35.7 Å². The molecule has 0 spiro atoms. The molecule has 3 rings (SSSR count). The monoisotopic (exact) mass is 413 g/mol. The summed E-state index contributed by atoms with van der Waals surface area (Å²) in [4.78, 5) is 24.5. The van der Waals surface area contributed by atoms with Crippen molar-refractivity contribution < 1.29 is 19.1 Å². The second-order valence-electron chi connectivity index (χ2n) is 6.70. The quantitative estimate of drug-likeness (QED) is 0.670. The van der Waals surface area contributed by atoms with E-state index in [4.69, 9.17) is 15.2 Å². The fourth-order valence-electron chi connectivity index (χ4n) is 3.21. The Bertz CT molecular complexity index is 951. The van der Waals surface area contributed by atoms with Gasteiger partial charge in [0.15, 0.2) is 18.0 Å². The van der Waals surface area contributed by atoms with Gasteiger partial charge in [0, 0.05) is 13.1 Å². The van der Waals surface area contributed by atoms with Gasteiger partial charge in [0.05, 0.1) is 5.69 Å². The van der Waals surface area contributed by atoms with Crippen molar-refractivity contribution >= 4 is 12.1 Å². The lowest BCUT2D eigenvalue weighted by molar-refractivity contribution is 0.0811. The molecule has 1 aliphatic rings. The highest BCUT2D eigenvalue weighted by Crippen LogP contribution is 2.26. The second-order valence-corrected chi connectivity index (χ2v) is 6.70. The molecular formula is C19H23N7O4. The largest absolute Gasteiger partial charge is 0.471 e. The number of carbonyl (C=O) groups excluding carboxylic acids is 2. The number of urea groups is 1. The maximum atomic E-state index is 11.7. The average molecular weight is 413 g/mol. The van der Waals surface area contributed by atoms with E-state index >= 15 is 0 Å². The lowest BCUT2D eigenvalue weighted by Gasteiger charge is -2.23. The van der Waals surface area contributed by atoms with E-state index in [2.05, 4.69) is 21.7 Å². The van der Waals surface area contributed by atoms with Crippen molar-refractivity contribution in [1.82, 2.24) is 25.2 Å². The van der Waals surface area contributed by atoms with Crippen LogP contribution in [0.15, 0.2) is 24.3 Å². The van der Waals surface area contributed by atoms with Crippen LogP contribution in [0.2, 0.25) is 0 Å². The number of aromatic nitrogens is 3. The maximum Gasteiger partial charge on any atom is 0.405 e. The summed E-state index contributed by atoms with van der Waals surface area (Å²) >= 11 is 0. The van der Waals surface area contributed by atoms with E-state index in [0.717, 1.165) is 0 Å². The molecular weight excluding hydrogens is 390 g/mol. The number of primary amides is 1. The van der Waals surface area contributed by atoms with Crippen LogP contribution in [0.3, 0.4) is 0 Å². The van der Waals surface area contributed by atoms with Crippen LogP contribution in [-0.2, 0) is 4.74 Å². The lowest BCUT2D eigenvalue weighted by Crippen LogP contribution is -2.39. The minimum Gasteiger partial charge on any atom is -0.471 e. The van der Waals surface area contributed by atoms with Gasteiger partial charge in [0.1, 0.15) is 17.5 Å². The Morgan fingerprint density at radius 2 is 2.13 bits per heavy atom. The highest BCUT2D eigenvalue weighted by Gasteiger charge is 2.27. The number of nitriles is 1. The predicted molar refractivity (Wildman–Crippen MR) is 105 cm³/mol. The van der Waals surface area contributed by atoms with E-state index in [1.165, 1.54) is 4.68 Å². The van der Waals surface area contributed by atoms with E-state index in [0.29, 0.717) is 37.4 Å². The molecule has 0 saturated carbocycles. The Balaban J connectivity index is 1.79. The van der Waals surface area contributed by atoms with Crippen LogP contribution < -0.4 is 15.8 Å². The number of ether oxygens (including phenoxy) is 2. The van der Waals surface area contributed by atoms with Gasteiger partial charge in [-0.3, -0.25) is 4.90 Å². The molecule has 0 aliphatic carbocycles. The summed E-state index contributed by atoms with van der Waals surface area (Å²) in [6.45, 7) is 4.88. The molecule has 2 aromatic rings. The van der Waals surface area contributed by atoms with E-state index in [9.17, 15) is 14.9 Å². The molecule has 2 heterocycles. The fraction of sp³-hybridized carbons (Fsp3) is 0.421. The van der Waals surface area contributed by atoms with Crippen molar-refractivity contribution in [2.45, 2.75) is 39.0 Å². The summed E-state index contributed by atoms with van der Waals surface area (Å²) in [5.41, 5.74) is 6.14. The van der Waals surface area contributed by atoms with Gasteiger partial charge >= 0.3 is 12.1 Å². The van der Waals surface area contributed by atoms with Crippen molar-refractivity contribution in [3.8, 4) is 17.5 Å². The van der Waals surface area contributed by atoms with Gasteiger partial charge in [-0.15, -0.1) is 5.10 Å². The van der Waals surface area contributed by atoms with Gasteiger partial charge < -0.3 is 20.5 Å². The van der Waals surface area contributed by atoms with Gasteiger partial charge in [-0.2, -0.15) is 5.26 Å².